The van der Waals surface area contributed by atoms with Crippen molar-refractivity contribution in [2.75, 3.05) is 12.4 Å². The van der Waals surface area contributed by atoms with Gasteiger partial charge in [0, 0.05) is 16.2 Å². The zero-order chi connectivity index (χ0) is 11.4. The van der Waals surface area contributed by atoms with Crippen LogP contribution in [-0.2, 0) is 4.79 Å². The van der Waals surface area contributed by atoms with Crippen LogP contribution in [0.15, 0.2) is 22.7 Å². The molecule has 15 heavy (non-hydrogen) atoms. The predicted molar refractivity (Wildman–Crippen MR) is 64.6 cm³/mol. The number of benzene rings is 1. The Balaban J connectivity index is 2.85. The maximum absolute atomic E-state index is 11.3. The third kappa shape index (κ3) is 3.72. The second-order valence-electron chi connectivity index (χ2n) is 2.98. The van der Waals surface area contributed by atoms with Gasteiger partial charge in [0.25, 0.3) is 0 Å². The third-order valence-corrected chi connectivity index (χ3v) is 2.39. The third-order valence-electron chi connectivity index (χ3n) is 1.74. The lowest BCUT2D eigenvalue weighted by Crippen LogP contribution is -2.20. The number of hydrogen-bond donors (Lipinski definition) is 1. The maximum atomic E-state index is 11.3. The summed E-state index contributed by atoms with van der Waals surface area (Å²) in [6, 6.07) is 5.31. The molecule has 0 saturated heterocycles. The molecule has 1 amide bonds. The number of halogens is 2. The average Bonchev–Trinajstić information content (AvgIpc) is 2.16. The molecule has 0 aliphatic rings. The van der Waals surface area contributed by atoms with E-state index in [1.54, 1.807) is 32.2 Å². The van der Waals surface area contributed by atoms with E-state index in [9.17, 15) is 4.79 Å². The SMILES string of the molecule is COc1cc(Br)cc(NC(=O)C(C)Cl)c1. The Bertz CT molecular complexity index is 368. The molecule has 0 aliphatic carbocycles. The Labute approximate surface area is 102 Å². The molecule has 1 aromatic carbocycles. The Morgan fingerprint density at radius 3 is 2.73 bits per heavy atom. The van der Waals surface area contributed by atoms with E-state index in [0.717, 1.165) is 4.47 Å². The number of rotatable bonds is 3. The van der Waals surface area contributed by atoms with Crippen molar-refractivity contribution in [2.24, 2.45) is 0 Å². The molecule has 0 heterocycles. The Hall–Kier alpha value is -0.740. The Kier molecular flexibility index (Phi) is 4.42. The van der Waals surface area contributed by atoms with E-state index in [2.05, 4.69) is 21.2 Å². The van der Waals surface area contributed by atoms with Gasteiger partial charge in [-0.15, -0.1) is 11.6 Å². The number of anilines is 1. The highest BCUT2D eigenvalue weighted by molar-refractivity contribution is 9.10. The lowest BCUT2D eigenvalue weighted by atomic mass is 10.3. The molecule has 1 aromatic rings. The molecule has 82 valence electrons. The monoisotopic (exact) mass is 291 g/mol. The van der Waals surface area contributed by atoms with E-state index in [1.807, 2.05) is 0 Å². The number of methoxy groups -OCH3 is 1. The lowest BCUT2D eigenvalue weighted by Gasteiger charge is -2.08. The molecule has 0 radical (unpaired) electrons. The molecule has 1 unspecified atom stereocenters. The van der Waals surface area contributed by atoms with Gasteiger partial charge >= 0.3 is 0 Å². The summed E-state index contributed by atoms with van der Waals surface area (Å²) in [4.78, 5) is 11.3. The molecule has 1 rings (SSSR count). The van der Waals surface area contributed by atoms with Crippen molar-refractivity contribution in [2.45, 2.75) is 12.3 Å². The van der Waals surface area contributed by atoms with Crippen LogP contribution in [0.5, 0.6) is 5.75 Å². The highest BCUT2D eigenvalue weighted by Crippen LogP contribution is 2.24. The zero-order valence-corrected chi connectivity index (χ0v) is 10.7. The number of alkyl halides is 1. The van der Waals surface area contributed by atoms with Gasteiger partial charge in [-0.05, 0) is 19.1 Å². The number of ether oxygens (including phenoxy) is 1. The van der Waals surface area contributed by atoms with Gasteiger partial charge < -0.3 is 10.1 Å². The summed E-state index contributed by atoms with van der Waals surface area (Å²) in [6.07, 6.45) is 0. The number of carbonyl (C=O) groups excluding carboxylic acids is 1. The normalized spacial score (nSPS) is 12.0. The van der Waals surface area contributed by atoms with E-state index in [1.165, 1.54) is 0 Å². The van der Waals surface area contributed by atoms with E-state index in [-0.39, 0.29) is 5.91 Å². The molecule has 1 atom stereocenters. The first-order valence-corrected chi connectivity index (χ1v) is 5.55. The Morgan fingerprint density at radius 2 is 2.20 bits per heavy atom. The van der Waals surface area contributed by atoms with Gasteiger partial charge in [-0.1, -0.05) is 15.9 Å². The Morgan fingerprint density at radius 1 is 1.53 bits per heavy atom. The standard InChI is InChI=1S/C10H11BrClNO2/c1-6(12)10(14)13-8-3-7(11)4-9(5-8)15-2/h3-6H,1-2H3,(H,13,14). The van der Waals surface area contributed by atoms with Crippen LogP contribution in [0.25, 0.3) is 0 Å². The van der Waals surface area contributed by atoms with Gasteiger partial charge in [0.2, 0.25) is 5.91 Å². The van der Waals surface area contributed by atoms with E-state index in [4.69, 9.17) is 16.3 Å². The summed E-state index contributed by atoms with van der Waals surface area (Å²) in [6.45, 7) is 1.62. The van der Waals surface area contributed by atoms with Crippen molar-refractivity contribution < 1.29 is 9.53 Å². The van der Waals surface area contributed by atoms with Crippen LogP contribution in [0.3, 0.4) is 0 Å². The minimum atomic E-state index is -0.560. The summed E-state index contributed by atoms with van der Waals surface area (Å²) in [7, 11) is 1.57. The molecule has 0 aromatic heterocycles. The van der Waals surface area contributed by atoms with E-state index in [0.29, 0.717) is 11.4 Å². The van der Waals surface area contributed by atoms with Crippen LogP contribution in [0, 0.1) is 0 Å². The molecular weight excluding hydrogens is 281 g/mol. The smallest absolute Gasteiger partial charge is 0.242 e. The lowest BCUT2D eigenvalue weighted by molar-refractivity contribution is -0.115. The fourth-order valence-electron chi connectivity index (χ4n) is 0.994. The van der Waals surface area contributed by atoms with Crippen molar-refractivity contribution in [1.29, 1.82) is 0 Å². The summed E-state index contributed by atoms with van der Waals surface area (Å²) in [5.41, 5.74) is 0.652. The summed E-state index contributed by atoms with van der Waals surface area (Å²) >= 11 is 8.95. The molecule has 0 saturated carbocycles. The quantitative estimate of drug-likeness (QED) is 0.870. The molecule has 5 heteroatoms. The van der Waals surface area contributed by atoms with Crippen molar-refractivity contribution in [3.63, 3.8) is 0 Å². The fraction of sp³-hybridized carbons (Fsp3) is 0.300. The molecule has 0 fully saturated rings. The van der Waals surface area contributed by atoms with Crippen LogP contribution < -0.4 is 10.1 Å². The predicted octanol–water partition coefficient (Wildman–Crippen LogP) is 3.02. The highest BCUT2D eigenvalue weighted by atomic mass is 79.9. The average molecular weight is 293 g/mol. The second-order valence-corrected chi connectivity index (χ2v) is 4.56. The number of carbonyl (C=O) groups is 1. The molecule has 0 bridgehead atoms. The fourth-order valence-corrected chi connectivity index (χ4v) is 1.52. The first kappa shape index (κ1) is 12.3. The first-order chi connectivity index (χ1) is 7.02. The maximum Gasteiger partial charge on any atom is 0.242 e. The van der Waals surface area contributed by atoms with Crippen molar-refractivity contribution >= 4 is 39.1 Å². The first-order valence-electron chi connectivity index (χ1n) is 4.32. The van der Waals surface area contributed by atoms with Crippen molar-refractivity contribution in [1.82, 2.24) is 0 Å². The van der Waals surface area contributed by atoms with Gasteiger partial charge in [-0.3, -0.25) is 4.79 Å². The van der Waals surface area contributed by atoms with Gasteiger partial charge in [0.1, 0.15) is 11.1 Å². The molecule has 0 spiro atoms. The van der Waals surface area contributed by atoms with Gasteiger partial charge in [-0.2, -0.15) is 0 Å². The number of nitrogens with one attached hydrogen (secondary N) is 1. The topological polar surface area (TPSA) is 38.3 Å². The van der Waals surface area contributed by atoms with Crippen LogP contribution in [0.4, 0.5) is 5.69 Å². The number of amides is 1. The minimum Gasteiger partial charge on any atom is -0.497 e. The second kappa shape index (κ2) is 5.37. The van der Waals surface area contributed by atoms with Gasteiger partial charge in [0.15, 0.2) is 0 Å². The van der Waals surface area contributed by atoms with Crippen molar-refractivity contribution in [3.8, 4) is 5.75 Å². The summed E-state index contributed by atoms with van der Waals surface area (Å²) < 4.78 is 5.90. The molecule has 3 nitrogen and oxygen atoms in total. The van der Waals surface area contributed by atoms with Crippen LogP contribution in [-0.4, -0.2) is 18.4 Å². The molecule has 1 N–H and O–H groups in total. The molecule has 0 aliphatic heterocycles. The van der Waals surface area contributed by atoms with Crippen LogP contribution in [0.2, 0.25) is 0 Å². The van der Waals surface area contributed by atoms with E-state index >= 15 is 0 Å². The number of hydrogen-bond acceptors (Lipinski definition) is 2. The van der Waals surface area contributed by atoms with Crippen molar-refractivity contribution in [3.05, 3.63) is 22.7 Å². The largest absolute Gasteiger partial charge is 0.497 e. The van der Waals surface area contributed by atoms with Gasteiger partial charge in [-0.25, -0.2) is 0 Å². The summed E-state index contributed by atoms with van der Waals surface area (Å²) in [5.74, 6) is 0.429. The highest BCUT2D eigenvalue weighted by Gasteiger charge is 2.09. The van der Waals surface area contributed by atoms with E-state index < -0.39 is 5.38 Å². The molecular formula is C10H11BrClNO2. The minimum absolute atomic E-state index is 0.239. The van der Waals surface area contributed by atoms with Crippen LogP contribution in [0.1, 0.15) is 6.92 Å². The summed E-state index contributed by atoms with van der Waals surface area (Å²) in [5, 5.41) is 2.12. The zero-order valence-electron chi connectivity index (χ0n) is 8.38. The van der Waals surface area contributed by atoms with Crippen LogP contribution >= 0.6 is 27.5 Å². The van der Waals surface area contributed by atoms with Gasteiger partial charge in [0.05, 0.1) is 7.11 Å².